The van der Waals surface area contributed by atoms with Crippen LogP contribution in [0.25, 0.3) is 6.08 Å². The maximum absolute atomic E-state index is 14.3. The zero-order valence-electron chi connectivity index (χ0n) is 14.0. The van der Waals surface area contributed by atoms with E-state index in [0.717, 1.165) is 5.56 Å². The van der Waals surface area contributed by atoms with E-state index >= 15 is 0 Å². The highest BCUT2D eigenvalue weighted by molar-refractivity contribution is 5.79. The van der Waals surface area contributed by atoms with Crippen molar-refractivity contribution in [3.8, 4) is 11.5 Å². The number of rotatable bonds is 3. The lowest BCUT2D eigenvalue weighted by atomic mass is 9.79. The lowest BCUT2D eigenvalue weighted by Crippen LogP contribution is -2.27. The number of halogens is 2. The van der Waals surface area contributed by atoms with E-state index in [0.29, 0.717) is 28.7 Å². The molecule has 3 unspecified atom stereocenters. The van der Waals surface area contributed by atoms with Gasteiger partial charge in [-0.2, -0.15) is 0 Å². The van der Waals surface area contributed by atoms with Crippen molar-refractivity contribution in [2.24, 2.45) is 5.92 Å². The minimum absolute atomic E-state index is 0.112. The van der Waals surface area contributed by atoms with E-state index < -0.39 is 23.9 Å². The Kier molecular flexibility index (Phi) is 3.83. The molecule has 2 aromatic carbocycles. The first-order valence-electron chi connectivity index (χ1n) is 8.51. The lowest BCUT2D eigenvalue weighted by Gasteiger charge is -2.37. The van der Waals surface area contributed by atoms with Gasteiger partial charge in [0.2, 0.25) is 5.92 Å². The van der Waals surface area contributed by atoms with Crippen molar-refractivity contribution in [2.45, 2.75) is 30.8 Å². The number of carbonyl (C=O) groups excluding carboxylic acids is 1. The Balaban J connectivity index is 1.87. The predicted molar refractivity (Wildman–Crippen MR) is 93.8 cm³/mol. The molecular formula is C21H18F2O3. The second-order valence-electron chi connectivity index (χ2n) is 7.01. The molecule has 134 valence electrons. The number of ether oxygens (including phenoxy) is 1. The molecule has 1 N–H and O–H groups in total. The van der Waals surface area contributed by atoms with Gasteiger partial charge in [0.05, 0.1) is 0 Å². The van der Waals surface area contributed by atoms with E-state index in [9.17, 15) is 18.7 Å². The predicted octanol–water partition coefficient (Wildman–Crippen LogP) is 5.11. The topological polar surface area (TPSA) is 46.5 Å². The highest BCUT2D eigenvalue weighted by Crippen LogP contribution is 2.59. The number of carbonyl (C=O) groups is 1. The van der Waals surface area contributed by atoms with Crippen molar-refractivity contribution in [3.63, 3.8) is 0 Å². The van der Waals surface area contributed by atoms with E-state index in [1.807, 2.05) is 0 Å². The second-order valence-corrected chi connectivity index (χ2v) is 7.01. The number of aromatic hydroxyl groups is 1. The minimum atomic E-state index is -2.78. The molecule has 1 heterocycles. The average molecular weight is 356 g/mol. The van der Waals surface area contributed by atoms with Gasteiger partial charge in [-0.25, -0.2) is 8.78 Å². The van der Waals surface area contributed by atoms with Gasteiger partial charge in [0.15, 0.2) is 0 Å². The van der Waals surface area contributed by atoms with Gasteiger partial charge in [-0.05, 0) is 35.4 Å². The van der Waals surface area contributed by atoms with Crippen LogP contribution in [0.2, 0.25) is 0 Å². The standard InChI is InChI=1S/C21H18F2O3/c1-2-13-7-12(11-24)8-16-17-9-21(22,23)10-18(17)20(26-19(13)16)14-3-5-15(25)6-4-14/h2-8,11,17-18,20,25H,1,9-10H2. The van der Waals surface area contributed by atoms with Crippen LogP contribution in [0.1, 0.15) is 51.9 Å². The number of fused-ring (bicyclic) bond motifs is 3. The number of aldehydes is 1. The molecule has 2 aliphatic rings. The van der Waals surface area contributed by atoms with Gasteiger partial charge in [0.25, 0.3) is 0 Å². The Hall–Kier alpha value is -2.69. The highest BCUT2D eigenvalue weighted by atomic mass is 19.3. The van der Waals surface area contributed by atoms with Gasteiger partial charge in [0, 0.05) is 35.8 Å². The normalized spacial score (nSPS) is 25.7. The summed E-state index contributed by atoms with van der Waals surface area (Å²) >= 11 is 0. The summed E-state index contributed by atoms with van der Waals surface area (Å²) in [5.41, 5.74) is 2.46. The smallest absolute Gasteiger partial charge is 0.249 e. The lowest BCUT2D eigenvalue weighted by molar-refractivity contribution is -0.00233. The molecule has 1 saturated carbocycles. The minimum Gasteiger partial charge on any atom is -0.508 e. The van der Waals surface area contributed by atoms with Crippen LogP contribution in [0.15, 0.2) is 43.0 Å². The molecule has 0 bridgehead atoms. The van der Waals surface area contributed by atoms with Crippen LogP contribution in [0, 0.1) is 5.92 Å². The number of phenols is 1. The van der Waals surface area contributed by atoms with Crippen molar-refractivity contribution >= 4 is 12.4 Å². The molecule has 0 aromatic heterocycles. The number of benzene rings is 2. The molecule has 0 spiro atoms. The van der Waals surface area contributed by atoms with E-state index in [1.165, 1.54) is 12.1 Å². The summed E-state index contributed by atoms with van der Waals surface area (Å²) in [6.07, 6.45) is 1.22. The Morgan fingerprint density at radius 1 is 1.19 bits per heavy atom. The summed E-state index contributed by atoms with van der Waals surface area (Å²) in [6, 6.07) is 9.76. The van der Waals surface area contributed by atoms with Crippen molar-refractivity contribution < 1.29 is 23.4 Å². The summed E-state index contributed by atoms with van der Waals surface area (Å²) in [6.45, 7) is 3.76. The molecule has 3 nitrogen and oxygen atoms in total. The number of phenolic OH excluding ortho intramolecular Hbond substituents is 1. The third-order valence-electron chi connectivity index (χ3n) is 5.35. The zero-order valence-corrected chi connectivity index (χ0v) is 14.0. The molecular weight excluding hydrogens is 338 g/mol. The van der Waals surface area contributed by atoms with E-state index in [1.54, 1.807) is 30.3 Å². The Labute approximate surface area is 149 Å². The average Bonchev–Trinajstić information content (AvgIpc) is 2.96. The molecule has 2 aromatic rings. The van der Waals surface area contributed by atoms with Crippen molar-refractivity contribution in [1.82, 2.24) is 0 Å². The number of hydrogen-bond acceptors (Lipinski definition) is 3. The Morgan fingerprint density at radius 2 is 1.92 bits per heavy atom. The van der Waals surface area contributed by atoms with Crippen LogP contribution in [0.3, 0.4) is 0 Å². The van der Waals surface area contributed by atoms with Crippen LogP contribution >= 0.6 is 0 Å². The first-order valence-corrected chi connectivity index (χ1v) is 8.51. The number of alkyl halides is 2. The van der Waals surface area contributed by atoms with Crippen molar-refractivity contribution in [2.75, 3.05) is 0 Å². The molecule has 0 radical (unpaired) electrons. The highest BCUT2D eigenvalue weighted by Gasteiger charge is 2.53. The largest absolute Gasteiger partial charge is 0.508 e. The maximum Gasteiger partial charge on any atom is 0.249 e. The summed E-state index contributed by atoms with van der Waals surface area (Å²) in [5, 5.41) is 9.52. The number of hydrogen-bond donors (Lipinski definition) is 1. The quantitative estimate of drug-likeness (QED) is 0.778. The molecule has 3 atom stereocenters. The fourth-order valence-electron chi connectivity index (χ4n) is 4.23. The maximum atomic E-state index is 14.3. The van der Waals surface area contributed by atoms with Gasteiger partial charge < -0.3 is 9.84 Å². The summed E-state index contributed by atoms with van der Waals surface area (Å²) < 4.78 is 34.7. The fourth-order valence-corrected chi connectivity index (χ4v) is 4.23. The van der Waals surface area contributed by atoms with Crippen LogP contribution in [-0.2, 0) is 0 Å². The third-order valence-corrected chi connectivity index (χ3v) is 5.35. The molecule has 0 amide bonds. The molecule has 1 fully saturated rings. The summed E-state index contributed by atoms with van der Waals surface area (Å²) in [5.74, 6) is -2.95. The summed E-state index contributed by atoms with van der Waals surface area (Å²) in [4.78, 5) is 11.3. The van der Waals surface area contributed by atoms with Crippen molar-refractivity contribution in [3.05, 3.63) is 65.2 Å². The molecule has 0 saturated heterocycles. The SMILES string of the molecule is C=Cc1cc(C=O)cc2c1OC(c1ccc(O)cc1)C1CC(F)(F)CC21. The van der Waals surface area contributed by atoms with E-state index in [-0.39, 0.29) is 18.6 Å². The van der Waals surface area contributed by atoms with Crippen LogP contribution in [0.4, 0.5) is 8.78 Å². The van der Waals surface area contributed by atoms with Crippen LogP contribution in [-0.4, -0.2) is 17.3 Å². The third kappa shape index (κ3) is 2.68. The van der Waals surface area contributed by atoms with Gasteiger partial charge in [-0.1, -0.05) is 24.8 Å². The van der Waals surface area contributed by atoms with Gasteiger partial charge >= 0.3 is 0 Å². The van der Waals surface area contributed by atoms with E-state index in [2.05, 4.69) is 6.58 Å². The van der Waals surface area contributed by atoms with Gasteiger partial charge in [0.1, 0.15) is 23.9 Å². The first kappa shape index (κ1) is 16.8. The van der Waals surface area contributed by atoms with Crippen LogP contribution in [0.5, 0.6) is 11.5 Å². The zero-order chi connectivity index (χ0) is 18.5. The molecule has 5 heteroatoms. The second kappa shape index (κ2) is 5.94. The first-order chi connectivity index (χ1) is 12.4. The monoisotopic (exact) mass is 356 g/mol. The summed E-state index contributed by atoms with van der Waals surface area (Å²) in [7, 11) is 0. The van der Waals surface area contributed by atoms with Crippen molar-refractivity contribution in [1.29, 1.82) is 0 Å². The van der Waals surface area contributed by atoms with Gasteiger partial charge in [-0.15, -0.1) is 0 Å². The van der Waals surface area contributed by atoms with Crippen LogP contribution < -0.4 is 4.74 Å². The fraction of sp³-hybridized carbons (Fsp3) is 0.286. The molecule has 1 aliphatic heterocycles. The van der Waals surface area contributed by atoms with Gasteiger partial charge in [-0.3, -0.25) is 4.79 Å². The molecule has 4 rings (SSSR count). The molecule has 1 aliphatic carbocycles. The molecule has 26 heavy (non-hydrogen) atoms. The Bertz CT molecular complexity index is 874. The van der Waals surface area contributed by atoms with E-state index in [4.69, 9.17) is 4.74 Å². The Morgan fingerprint density at radius 3 is 2.58 bits per heavy atom.